The molecule has 0 bridgehead atoms. The second-order valence-corrected chi connectivity index (χ2v) is 6.39. The number of hydrazine groups is 2. The van der Waals surface area contributed by atoms with Gasteiger partial charge in [0.15, 0.2) is 0 Å². The number of aromatic nitrogens is 1. The number of nitrogens with zero attached hydrogens (tertiary/aromatic N) is 5. The molecular formula is C17H27Cl3N7V. The van der Waals surface area contributed by atoms with Gasteiger partial charge in [-0.3, -0.25) is 0 Å². The van der Waals surface area contributed by atoms with Crippen molar-refractivity contribution < 1.29 is 55.8 Å². The third-order valence-electron chi connectivity index (χ3n) is 4.42. The van der Waals surface area contributed by atoms with Gasteiger partial charge in [-0.25, -0.2) is 26.1 Å². The average Bonchev–Trinajstić information content (AvgIpc) is 3.31. The molecule has 0 amide bonds. The Morgan fingerprint density at radius 1 is 0.786 bits per heavy atom. The molecule has 2 N–H and O–H groups in total. The van der Waals surface area contributed by atoms with E-state index in [0.29, 0.717) is 0 Å². The van der Waals surface area contributed by atoms with Crippen LogP contribution in [0.2, 0.25) is 0 Å². The van der Waals surface area contributed by atoms with Gasteiger partial charge in [-0.1, -0.05) is 6.07 Å². The van der Waals surface area contributed by atoms with E-state index in [1.54, 1.807) is 0 Å². The summed E-state index contributed by atoms with van der Waals surface area (Å²) in [7, 11) is 0. The predicted molar refractivity (Wildman–Crippen MR) is 96.5 cm³/mol. The molecule has 3 heterocycles. The van der Waals surface area contributed by atoms with Gasteiger partial charge in [0.1, 0.15) is 0 Å². The van der Waals surface area contributed by atoms with Crippen LogP contribution in [0.1, 0.15) is 50.9 Å². The fourth-order valence-electron chi connectivity index (χ4n) is 2.88. The van der Waals surface area contributed by atoms with Crippen molar-refractivity contribution in [2.45, 2.75) is 39.5 Å². The van der Waals surface area contributed by atoms with E-state index in [4.69, 9.17) is 0 Å². The average molecular weight is 487 g/mol. The van der Waals surface area contributed by atoms with Gasteiger partial charge in [0, 0.05) is 26.2 Å². The van der Waals surface area contributed by atoms with Crippen LogP contribution in [0.15, 0.2) is 28.4 Å². The summed E-state index contributed by atoms with van der Waals surface area (Å²) in [5.41, 5.74) is 9.74. The summed E-state index contributed by atoms with van der Waals surface area (Å²) >= 11 is 0. The number of rotatable bonds is 6. The first-order chi connectivity index (χ1) is 11.7. The minimum Gasteiger partial charge on any atom is -1.00 e. The summed E-state index contributed by atoms with van der Waals surface area (Å²) in [5, 5.41) is 13.2. The maximum absolute atomic E-state index is 4.68. The Hall–Kier alpha value is -0.536. The summed E-state index contributed by atoms with van der Waals surface area (Å²) in [6, 6.07) is 5.96. The van der Waals surface area contributed by atoms with E-state index in [2.05, 4.69) is 36.3 Å². The summed E-state index contributed by atoms with van der Waals surface area (Å²) in [4.78, 5) is 4.68. The van der Waals surface area contributed by atoms with Gasteiger partial charge < -0.3 is 37.2 Å². The third kappa shape index (κ3) is 8.86. The van der Waals surface area contributed by atoms with Crippen molar-refractivity contribution in [3.8, 4) is 0 Å². The molecule has 2 saturated heterocycles. The van der Waals surface area contributed by atoms with E-state index in [1.807, 2.05) is 32.0 Å². The second kappa shape index (κ2) is 15.3. The molecule has 2 fully saturated rings. The summed E-state index contributed by atoms with van der Waals surface area (Å²) in [6.45, 7) is 8.17. The molecule has 2 aliphatic rings. The van der Waals surface area contributed by atoms with Crippen LogP contribution in [-0.4, -0.2) is 52.6 Å². The first-order valence-corrected chi connectivity index (χ1v) is 8.80. The van der Waals surface area contributed by atoms with Crippen LogP contribution >= 0.6 is 0 Å². The molecule has 2 aliphatic heterocycles. The number of hydrazone groups is 2. The smallest absolute Gasteiger partial charge is 1.00 e. The van der Waals surface area contributed by atoms with Gasteiger partial charge in [-0.2, -0.15) is 10.2 Å². The normalized spacial score (nSPS) is 17.6. The largest absolute Gasteiger partial charge is 3.00 e. The fourth-order valence-corrected chi connectivity index (χ4v) is 2.88. The Bertz CT molecular complexity index is 569. The molecule has 28 heavy (non-hydrogen) atoms. The van der Waals surface area contributed by atoms with Gasteiger partial charge in [-0.15, -0.1) is 0 Å². The monoisotopic (exact) mass is 485 g/mol. The second-order valence-electron chi connectivity index (χ2n) is 6.39. The molecule has 0 atom stereocenters. The van der Waals surface area contributed by atoms with Crippen molar-refractivity contribution in [2.24, 2.45) is 10.2 Å². The van der Waals surface area contributed by atoms with Gasteiger partial charge in [-0.05, 0) is 51.7 Å². The maximum atomic E-state index is 4.68. The van der Waals surface area contributed by atoms with Crippen molar-refractivity contribution in [3.05, 3.63) is 29.6 Å². The van der Waals surface area contributed by atoms with Gasteiger partial charge in [0.2, 0.25) is 0 Å². The van der Waals surface area contributed by atoms with Crippen LogP contribution in [0.25, 0.3) is 0 Å². The Morgan fingerprint density at radius 3 is 1.50 bits per heavy atom. The van der Waals surface area contributed by atoms with Crippen LogP contribution in [0, 0.1) is 0 Å². The molecule has 0 radical (unpaired) electrons. The Morgan fingerprint density at radius 2 is 1.14 bits per heavy atom. The zero-order chi connectivity index (χ0) is 16.8. The standard InChI is InChI=1S/C17H27N7.3ClH.V/c1-14(19-21-23-10-3-4-11-23)16-8-7-9-17(18-16)15(2)20-22-24-12-5-6-13-24;;;;/h7-9,21-22H,3-6,10-13H2,1-2H3;3*1H;/q;;;;+3/p-3. The first kappa shape index (κ1) is 29.7. The van der Waals surface area contributed by atoms with E-state index in [1.165, 1.54) is 25.7 Å². The molecule has 1 aromatic rings. The third-order valence-corrected chi connectivity index (χ3v) is 4.42. The van der Waals surface area contributed by atoms with Crippen LogP contribution in [0.3, 0.4) is 0 Å². The molecule has 0 aliphatic carbocycles. The number of hydrogen-bond acceptors (Lipinski definition) is 7. The number of hydrogen-bond donors (Lipinski definition) is 2. The molecule has 0 saturated carbocycles. The van der Waals surface area contributed by atoms with Gasteiger partial charge in [0.25, 0.3) is 0 Å². The minimum absolute atomic E-state index is 0. The topological polar surface area (TPSA) is 68.2 Å². The van der Waals surface area contributed by atoms with Gasteiger partial charge in [0.05, 0.1) is 22.8 Å². The Balaban J connectivity index is 0. The molecule has 156 valence electrons. The van der Waals surface area contributed by atoms with Crippen LogP contribution in [0.5, 0.6) is 0 Å². The van der Waals surface area contributed by atoms with Crippen molar-refractivity contribution in [1.29, 1.82) is 0 Å². The molecule has 0 aromatic carbocycles. The van der Waals surface area contributed by atoms with E-state index >= 15 is 0 Å². The van der Waals surface area contributed by atoms with Crippen molar-refractivity contribution >= 4 is 11.4 Å². The van der Waals surface area contributed by atoms with E-state index in [9.17, 15) is 0 Å². The van der Waals surface area contributed by atoms with Gasteiger partial charge >= 0.3 is 18.6 Å². The molecule has 7 nitrogen and oxygen atoms in total. The van der Waals surface area contributed by atoms with E-state index < -0.39 is 0 Å². The van der Waals surface area contributed by atoms with E-state index in [-0.39, 0.29) is 55.8 Å². The minimum atomic E-state index is 0. The molecule has 11 heteroatoms. The Labute approximate surface area is 198 Å². The predicted octanol–water partition coefficient (Wildman–Crippen LogP) is -7.26. The quantitative estimate of drug-likeness (QED) is 0.309. The zero-order valence-corrected chi connectivity index (χ0v) is 19.9. The summed E-state index contributed by atoms with van der Waals surface area (Å²) in [6.07, 6.45) is 4.92. The van der Waals surface area contributed by atoms with Crippen LogP contribution in [-0.2, 0) is 18.6 Å². The van der Waals surface area contributed by atoms with Crippen molar-refractivity contribution in [1.82, 2.24) is 26.1 Å². The molecular weight excluding hydrogens is 460 g/mol. The zero-order valence-electron chi connectivity index (χ0n) is 16.2. The van der Waals surface area contributed by atoms with Crippen LogP contribution < -0.4 is 48.3 Å². The summed E-state index contributed by atoms with van der Waals surface area (Å²) < 4.78 is 0. The Kier molecular flexibility index (Phi) is 16.2. The van der Waals surface area contributed by atoms with Crippen molar-refractivity contribution in [2.75, 3.05) is 26.2 Å². The van der Waals surface area contributed by atoms with Crippen molar-refractivity contribution in [3.63, 3.8) is 0 Å². The molecule has 0 spiro atoms. The molecule has 0 unspecified atom stereocenters. The number of halogens is 3. The maximum Gasteiger partial charge on any atom is 3.00 e. The number of nitrogens with one attached hydrogen (secondary N) is 2. The number of pyridine rings is 1. The fraction of sp³-hybridized carbons (Fsp3) is 0.588. The van der Waals surface area contributed by atoms with E-state index in [0.717, 1.165) is 49.0 Å². The first-order valence-electron chi connectivity index (χ1n) is 8.80. The van der Waals surface area contributed by atoms with Crippen LogP contribution in [0.4, 0.5) is 0 Å². The molecule has 1 aromatic heterocycles. The molecule has 3 rings (SSSR count). The SMILES string of the molecule is CC(=NNN1CCCC1)c1cccc(C(C)=NNN2CCCC2)n1.[Cl-].[Cl-].[Cl-].[V+3]. The summed E-state index contributed by atoms with van der Waals surface area (Å²) in [5.74, 6) is 0.